The van der Waals surface area contributed by atoms with Crippen molar-refractivity contribution in [2.75, 3.05) is 7.11 Å². The first kappa shape index (κ1) is 14.5. The monoisotopic (exact) mass is 274 g/mol. The normalized spacial score (nSPS) is 13.8. The lowest BCUT2D eigenvalue weighted by molar-refractivity contribution is 0.0565. The molecule has 0 bridgehead atoms. The number of hydrogen-bond acceptors (Lipinski definition) is 2. The summed E-state index contributed by atoms with van der Waals surface area (Å²) in [4.78, 5) is 0. The third-order valence-electron chi connectivity index (χ3n) is 3.44. The van der Waals surface area contributed by atoms with Gasteiger partial charge in [0.05, 0.1) is 12.7 Å². The number of halogens is 1. The fourth-order valence-electron chi connectivity index (χ4n) is 2.30. The molecule has 0 heterocycles. The SMILES string of the molecule is COc1cccc(CC(C)(O)c2cccc(C)c2)c1F. The summed E-state index contributed by atoms with van der Waals surface area (Å²) < 4.78 is 19.1. The molecule has 0 aliphatic rings. The van der Waals surface area contributed by atoms with Gasteiger partial charge < -0.3 is 9.84 Å². The molecule has 0 aromatic heterocycles. The van der Waals surface area contributed by atoms with Crippen LogP contribution >= 0.6 is 0 Å². The Bertz CT molecular complexity index is 606. The van der Waals surface area contributed by atoms with E-state index in [4.69, 9.17) is 4.74 Å². The molecule has 2 aromatic carbocycles. The number of aryl methyl sites for hydroxylation is 1. The van der Waals surface area contributed by atoms with Crippen LogP contribution in [0.15, 0.2) is 42.5 Å². The van der Waals surface area contributed by atoms with E-state index in [1.807, 2.05) is 31.2 Å². The highest BCUT2D eigenvalue weighted by molar-refractivity contribution is 5.34. The van der Waals surface area contributed by atoms with Crippen molar-refractivity contribution in [1.29, 1.82) is 0 Å². The predicted octanol–water partition coefficient (Wildman–Crippen LogP) is 3.59. The van der Waals surface area contributed by atoms with Crippen molar-refractivity contribution in [2.45, 2.75) is 25.9 Å². The highest BCUT2D eigenvalue weighted by atomic mass is 19.1. The van der Waals surface area contributed by atoms with Gasteiger partial charge in [-0.25, -0.2) is 4.39 Å². The maximum Gasteiger partial charge on any atom is 0.168 e. The minimum atomic E-state index is -1.13. The Morgan fingerprint density at radius 3 is 2.55 bits per heavy atom. The van der Waals surface area contributed by atoms with Crippen molar-refractivity contribution in [2.24, 2.45) is 0 Å². The van der Waals surface area contributed by atoms with Crippen molar-refractivity contribution in [3.63, 3.8) is 0 Å². The molecule has 1 N–H and O–H groups in total. The molecule has 2 nitrogen and oxygen atoms in total. The minimum absolute atomic E-state index is 0.194. The van der Waals surface area contributed by atoms with Crippen LogP contribution in [0.4, 0.5) is 4.39 Å². The molecule has 3 heteroatoms. The van der Waals surface area contributed by atoms with E-state index in [2.05, 4.69) is 0 Å². The number of rotatable bonds is 4. The zero-order valence-electron chi connectivity index (χ0n) is 12.0. The van der Waals surface area contributed by atoms with Gasteiger partial charge in [0.1, 0.15) is 0 Å². The zero-order chi connectivity index (χ0) is 14.8. The molecule has 0 saturated heterocycles. The summed E-state index contributed by atoms with van der Waals surface area (Å²) in [5.74, 6) is -0.217. The van der Waals surface area contributed by atoms with Crippen LogP contribution in [0.25, 0.3) is 0 Å². The Hall–Kier alpha value is -1.87. The van der Waals surface area contributed by atoms with E-state index in [1.54, 1.807) is 25.1 Å². The number of methoxy groups -OCH3 is 1. The number of aliphatic hydroxyl groups is 1. The molecule has 0 saturated carbocycles. The minimum Gasteiger partial charge on any atom is -0.494 e. The molecule has 0 aliphatic carbocycles. The zero-order valence-corrected chi connectivity index (χ0v) is 12.0. The van der Waals surface area contributed by atoms with Crippen molar-refractivity contribution < 1.29 is 14.2 Å². The van der Waals surface area contributed by atoms with Crippen LogP contribution in [-0.4, -0.2) is 12.2 Å². The quantitative estimate of drug-likeness (QED) is 0.923. The van der Waals surface area contributed by atoms with Gasteiger partial charge >= 0.3 is 0 Å². The van der Waals surface area contributed by atoms with Gasteiger partial charge in [-0.1, -0.05) is 42.0 Å². The van der Waals surface area contributed by atoms with Crippen molar-refractivity contribution >= 4 is 0 Å². The first-order valence-electron chi connectivity index (χ1n) is 6.55. The summed E-state index contributed by atoms with van der Waals surface area (Å²) in [6, 6.07) is 12.6. The molecule has 2 aromatic rings. The lowest BCUT2D eigenvalue weighted by Crippen LogP contribution is -2.25. The molecule has 0 fully saturated rings. The van der Waals surface area contributed by atoms with E-state index in [0.29, 0.717) is 5.56 Å². The standard InChI is InChI=1S/C17H19FO2/c1-12-6-4-8-14(10-12)17(2,19)11-13-7-5-9-15(20-3)16(13)18/h4-10,19H,11H2,1-3H3. The van der Waals surface area contributed by atoms with Gasteiger partial charge in [-0.05, 0) is 31.0 Å². The van der Waals surface area contributed by atoms with Gasteiger partial charge in [-0.2, -0.15) is 0 Å². The van der Waals surface area contributed by atoms with E-state index in [0.717, 1.165) is 11.1 Å². The van der Waals surface area contributed by atoms with Gasteiger partial charge in [0, 0.05) is 6.42 Å². The second-order valence-electron chi connectivity index (χ2n) is 5.25. The Balaban J connectivity index is 2.33. The van der Waals surface area contributed by atoms with Crippen LogP contribution in [-0.2, 0) is 12.0 Å². The average Bonchev–Trinajstić information content (AvgIpc) is 2.41. The smallest absolute Gasteiger partial charge is 0.168 e. The van der Waals surface area contributed by atoms with E-state index in [9.17, 15) is 9.50 Å². The lowest BCUT2D eigenvalue weighted by Gasteiger charge is -2.25. The van der Waals surface area contributed by atoms with Crippen LogP contribution in [0, 0.1) is 12.7 Å². The third-order valence-corrected chi connectivity index (χ3v) is 3.44. The summed E-state index contributed by atoms with van der Waals surface area (Å²) in [6.07, 6.45) is 0.194. The lowest BCUT2D eigenvalue weighted by atomic mass is 9.88. The van der Waals surface area contributed by atoms with Gasteiger partial charge in [0.2, 0.25) is 0 Å². The Labute approximate surface area is 118 Å². The number of hydrogen-bond donors (Lipinski definition) is 1. The second-order valence-corrected chi connectivity index (χ2v) is 5.25. The fourth-order valence-corrected chi connectivity index (χ4v) is 2.30. The molecule has 106 valence electrons. The molecule has 0 amide bonds. The summed E-state index contributed by atoms with van der Waals surface area (Å²) in [5.41, 5.74) is 1.16. The van der Waals surface area contributed by atoms with Crippen LogP contribution in [0.1, 0.15) is 23.6 Å². The Morgan fingerprint density at radius 2 is 1.90 bits per heavy atom. The molecule has 1 unspecified atom stereocenters. The predicted molar refractivity (Wildman–Crippen MR) is 77.4 cm³/mol. The first-order valence-corrected chi connectivity index (χ1v) is 6.55. The second kappa shape index (κ2) is 5.63. The molecule has 1 atom stereocenters. The molecule has 0 aliphatic heterocycles. The highest BCUT2D eigenvalue weighted by Crippen LogP contribution is 2.29. The number of benzene rings is 2. The fraction of sp³-hybridized carbons (Fsp3) is 0.294. The van der Waals surface area contributed by atoms with Crippen LogP contribution < -0.4 is 4.74 Å². The average molecular weight is 274 g/mol. The van der Waals surface area contributed by atoms with Gasteiger partial charge in [-0.3, -0.25) is 0 Å². The molecule has 0 radical (unpaired) electrons. The van der Waals surface area contributed by atoms with Crippen LogP contribution in [0.3, 0.4) is 0 Å². The van der Waals surface area contributed by atoms with E-state index < -0.39 is 11.4 Å². The molecular formula is C17H19FO2. The topological polar surface area (TPSA) is 29.5 Å². The van der Waals surface area contributed by atoms with E-state index in [-0.39, 0.29) is 12.2 Å². The van der Waals surface area contributed by atoms with E-state index in [1.165, 1.54) is 7.11 Å². The third kappa shape index (κ3) is 2.99. The molecule has 0 spiro atoms. The van der Waals surface area contributed by atoms with Crippen LogP contribution in [0.5, 0.6) is 5.75 Å². The van der Waals surface area contributed by atoms with Crippen molar-refractivity contribution in [1.82, 2.24) is 0 Å². The molecule has 20 heavy (non-hydrogen) atoms. The number of ether oxygens (including phenoxy) is 1. The largest absolute Gasteiger partial charge is 0.494 e. The van der Waals surface area contributed by atoms with E-state index >= 15 is 0 Å². The van der Waals surface area contributed by atoms with Gasteiger partial charge in [0.25, 0.3) is 0 Å². The Morgan fingerprint density at radius 1 is 1.20 bits per heavy atom. The Kier molecular flexibility index (Phi) is 4.09. The van der Waals surface area contributed by atoms with Crippen LogP contribution in [0.2, 0.25) is 0 Å². The first-order chi connectivity index (χ1) is 9.44. The maximum atomic E-state index is 14.2. The van der Waals surface area contributed by atoms with Crippen molar-refractivity contribution in [3.8, 4) is 5.75 Å². The van der Waals surface area contributed by atoms with Gasteiger partial charge in [-0.15, -0.1) is 0 Å². The summed E-state index contributed by atoms with van der Waals surface area (Å²) >= 11 is 0. The molecule has 2 rings (SSSR count). The highest BCUT2D eigenvalue weighted by Gasteiger charge is 2.25. The summed E-state index contributed by atoms with van der Waals surface area (Å²) in [5, 5.41) is 10.6. The molecular weight excluding hydrogens is 255 g/mol. The van der Waals surface area contributed by atoms with Crippen molar-refractivity contribution in [3.05, 3.63) is 65.0 Å². The maximum absolute atomic E-state index is 14.2. The summed E-state index contributed by atoms with van der Waals surface area (Å²) in [6.45, 7) is 3.66. The summed E-state index contributed by atoms with van der Waals surface area (Å²) in [7, 11) is 1.43. The van der Waals surface area contributed by atoms with Gasteiger partial charge in [0.15, 0.2) is 11.6 Å².